The Balaban J connectivity index is 0.00000210. The van der Waals surface area contributed by atoms with E-state index in [4.69, 9.17) is 21.3 Å². The first-order valence-corrected chi connectivity index (χ1v) is 9.11. The van der Waals surface area contributed by atoms with Gasteiger partial charge < -0.3 is 14.6 Å². The van der Waals surface area contributed by atoms with Gasteiger partial charge in [-0.05, 0) is 37.8 Å². The summed E-state index contributed by atoms with van der Waals surface area (Å²) in [5, 5.41) is 1.75. The van der Waals surface area contributed by atoms with Crippen molar-refractivity contribution in [1.82, 2.24) is 9.88 Å². The predicted octanol–water partition coefficient (Wildman–Crippen LogP) is 4.74. The molecule has 1 aliphatic heterocycles. The first-order chi connectivity index (χ1) is 12.5. The van der Waals surface area contributed by atoms with Crippen LogP contribution in [0.5, 0.6) is 0 Å². The second kappa shape index (κ2) is 8.19. The molecule has 1 aromatic heterocycles. The fraction of sp³-hybridized carbons (Fsp3) is 0.286. The molecule has 0 fully saturated rings. The topological polar surface area (TPSA) is 43.6 Å². The first kappa shape index (κ1) is 20.2. The summed E-state index contributed by atoms with van der Waals surface area (Å²) in [6.07, 6.45) is 0.232. The van der Waals surface area contributed by atoms with Crippen LogP contribution < -0.4 is 4.98 Å². The largest absolute Gasteiger partial charge is 0.659 e. The zero-order valence-corrected chi connectivity index (χ0v) is 19.5. The summed E-state index contributed by atoms with van der Waals surface area (Å²) in [7, 11) is 0. The summed E-state index contributed by atoms with van der Waals surface area (Å²) >= 11 is 6.19. The average molecular weight is 545 g/mol. The van der Waals surface area contributed by atoms with Gasteiger partial charge in [-0.15, -0.1) is 16.8 Å². The Bertz CT molecular complexity index is 955. The van der Waals surface area contributed by atoms with E-state index in [2.05, 4.69) is 6.07 Å². The molecule has 2 heterocycles. The molecule has 6 heteroatoms. The van der Waals surface area contributed by atoms with E-state index in [0.717, 1.165) is 34.1 Å². The van der Waals surface area contributed by atoms with Crippen molar-refractivity contribution in [3.63, 3.8) is 0 Å². The molecular formula is C21H19ClHfN2O2-2. The summed E-state index contributed by atoms with van der Waals surface area (Å²) in [4.78, 5) is 19.3. The monoisotopic (exact) mass is 546 g/mol. The van der Waals surface area contributed by atoms with Crippen molar-refractivity contribution >= 4 is 28.6 Å². The number of benzene rings is 2. The fourth-order valence-corrected chi connectivity index (χ4v) is 3.71. The summed E-state index contributed by atoms with van der Waals surface area (Å²) in [5.41, 5.74) is 3.84. The van der Waals surface area contributed by atoms with Crippen molar-refractivity contribution in [3.8, 4) is 0 Å². The minimum atomic E-state index is -0.321. The van der Waals surface area contributed by atoms with Crippen LogP contribution in [0.3, 0.4) is 0 Å². The maximum absolute atomic E-state index is 12.7. The first-order valence-electron chi connectivity index (χ1n) is 8.73. The van der Waals surface area contributed by atoms with Gasteiger partial charge in [0.1, 0.15) is 0 Å². The molecule has 3 aromatic rings. The number of nitrogens with zero attached hydrogens (tertiary/aromatic N) is 2. The molecule has 27 heavy (non-hydrogen) atoms. The Labute approximate surface area is 182 Å². The Hall–Kier alpha value is -1.59. The molecule has 0 radical (unpaired) electrons. The third-order valence-electron chi connectivity index (χ3n) is 4.61. The van der Waals surface area contributed by atoms with E-state index < -0.39 is 0 Å². The normalized spacial score (nSPS) is 16.1. The molecule has 0 aliphatic carbocycles. The minimum absolute atomic E-state index is 0. The van der Waals surface area contributed by atoms with E-state index in [1.165, 1.54) is 0 Å². The van der Waals surface area contributed by atoms with Crippen LogP contribution in [-0.4, -0.2) is 23.6 Å². The van der Waals surface area contributed by atoms with E-state index in [9.17, 15) is 4.79 Å². The van der Waals surface area contributed by atoms with Gasteiger partial charge in [-0.25, -0.2) is 4.79 Å². The standard InChI is InChI=1S/C21H19ClN2O2.Hf/c1-13(2)26-21(25)24-11-10-16-17-12-15(22)8-9-18(17)23-19(16)20(24)14-6-4-3-5-7-14;/h3-6,8-9,12-13,20H,10-11H2,1-2H3;/q-2;. The number of hydrogen-bond donors (Lipinski definition) is 0. The zero-order chi connectivity index (χ0) is 18.3. The van der Waals surface area contributed by atoms with E-state index >= 15 is 0 Å². The summed E-state index contributed by atoms with van der Waals surface area (Å²) in [5.74, 6) is 0. The van der Waals surface area contributed by atoms with Crippen LogP contribution in [0.25, 0.3) is 10.9 Å². The molecule has 0 saturated carbocycles. The van der Waals surface area contributed by atoms with Crippen LogP contribution in [-0.2, 0) is 37.0 Å². The molecule has 0 bridgehead atoms. The van der Waals surface area contributed by atoms with Crippen molar-refractivity contribution in [2.24, 2.45) is 0 Å². The molecule has 0 N–H and O–H groups in total. The third kappa shape index (κ3) is 3.85. The maximum atomic E-state index is 12.7. The number of rotatable bonds is 2. The number of fused-ring (bicyclic) bond motifs is 3. The van der Waals surface area contributed by atoms with Gasteiger partial charge in [0.05, 0.1) is 6.10 Å². The van der Waals surface area contributed by atoms with Crippen molar-refractivity contribution in [3.05, 3.63) is 70.4 Å². The zero-order valence-electron chi connectivity index (χ0n) is 15.2. The molecule has 4 rings (SSSR count). The average Bonchev–Trinajstić information content (AvgIpc) is 2.99. The van der Waals surface area contributed by atoms with Gasteiger partial charge in [-0.3, -0.25) is 0 Å². The van der Waals surface area contributed by atoms with Crippen molar-refractivity contribution in [2.45, 2.75) is 32.4 Å². The molecule has 2 aromatic carbocycles. The molecule has 1 unspecified atom stereocenters. The molecule has 1 amide bonds. The van der Waals surface area contributed by atoms with Gasteiger partial charge in [0.15, 0.2) is 0 Å². The molecule has 0 saturated heterocycles. The van der Waals surface area contributed by atoms with E-state index in [-0.39, 0.29) is 44.1 Å². The van der Waals surface area contributed by atoms with Crippen molar-refractivity contribution in [1.29, 1.82) is 0 Å². The predicted molar refractivity (Wildman–Crippen MR) is 101 cm³/mol. The smallest absolute Gasteiger partial charge is 0.410 e. The molecule has 138 valence electrons. The SMILES string of the molecule is CC(C)OC(=O)N1CCc2c([n-]c3ccc(Cl)cc23)C1c1[c-]cccc1.[Hf]. The molecule has 1 atom stereocenters. The molecular weight excluding hydrogens is 526 g/mol. The number of aromatic nitrogens is 1. The van der Waals surface area contributed by atoms with Gasteiger partial charge in [0.25, 0.3) is 0 Å². The van der Waals surface area contributed by atoms with E-state index in [1.54, 1.807) is 4.90 Å². The molecule has 4 nitrogen and oxygen atoms in total. The third-order valence-corrected chi connectivity index (χ3v) is 4.84. The Kier molecular flexibility index (Phi) is 6.11. The summed E-state index contributed by atoms with van der Waals surface area (Å²) in [6.45, 7) is 4.28. The number of carbonyl (C=O) groups excluding carboxylic acids is 1. The maximum Gasteiger partial charge on any atom is 0.410 e. The van der Waals surface area contributed by atoms with Crippen LogP contribution in [0, 0.1) is 6.07 Å². The number of amides is 1. The molecule has 0 spiro atoms. The van der Waals surface area contributed by atoms with Crippen LogP contribution in [0.1, 0.15) is 36.7 Å². The number of halogens is 1. The Morgan fingerprint density at radius 2 is 2.15 bits per heavy atom. The van der Waals surface area contributed by atoms with E-state index in [0.29, 0.717) is 11.6 Å². The summed E-state index contributed by atoms with van der Waals surface area (Å²) < 4.78 is 5.47. The minimum Gasteiger partial charge on any atom is -0.659 e. The second-order valence-electron chi connectivity index (χ2n) is 6.73. The van der Waals surface area contributed by atoms with Crippen molar-refractivity contribution in [2.75, 3.05) is 6.54 Å². The van der Waals surface area contributed by atoms with Crippen LogP contribution in [0.15, 0.2) is 42.5 Å². The Morgan fingerprint density at radius 3 is 2.85 bits per heavy atom. The number of ether oxygens (including phenoxy) is 1. The van der Waals surface area contributed by atoms with Gasteiger partial charge in [0, 0.05) is 43.5 Å². The van der Waals surface area contributed by atoms with Gasteiger partial charge >= 0.3 is 6.09 Å². The fourth-order valence-electron chi connectivity index (χ4n) is 3.54. The van der Waals surface area contributed by atoms with Gasteiger partial charge in [-0.2, -0.15) is 30.3 Å². The van der Waals surface area contributed by atoms with Crippen LogP contribution in [0.4, 0.5) is 4.79 Å². The summed E-state index contributed by atoms with van der Waals surface area (Å²) in [6, 6.07) is 16.4. The quantitative estimate of drug-likeness (QED) is 0.345. The van der Waals surface area contributed by atoms with Crippen LogP contribution in [0.2, 0.25) is 5.02 Å². The van der Waals surface area contributed by atoms with Gasteiger partial charge in [-0.1, -0.05) is 23.2 Å². The Morgan fingerprint density at radius 1 is 1.33 bits per heavy atom. The number of carbonyl (C=O) groups is 1. The van der Waals surface area contributed by atoms with Crippen LogP contribution >= 0.6 is 11.6 Å². The van der Waals surface area contributed by atoms with Gasteiger partial charge in [0.2, 0.25) is 0 Å². The van der Waals surface area contributed by atoms with E-state index in [1.807, 2.05) is 56.3 Å². The second-order valence-corrected chi connectivity index (χ2v) is 7.17. The molecule has 1 aliphatic rings. The number of hydrogen-bond acceptors (Lipinski definition) is 2. The van der Waals surface area contributed by atoms with Crippen molar-refractivity contribution < 1.29 is 35.4 Å².